The molecule has 1 aromatic carbocycles. The van der Waals surface area contributed by atoms with Gasteiger partial charge in [-0.05, 0) is 43.4 Å². The maximum Gasteiger partial charge on any atom is 0.223 e. The number of benzene rings is 1. The van der Waals surface area contributed by atoms with Gasteiger partial charge in [-0.15, -0.1) is 0 Å². The predicted octanol–water partition coefficient (Wildman–Crippen LogP) is 2.58. The van der Waals surface area contributed by atoms with Gasteiger partial charge in [0.2, 0.25) is 5.91 Å². The highest BCUT2D eigenvalue weighted by Gasteiger charge is 2.24. The molecule has 1 amide bonds. The normalized spacial score (nSPS) is 23.7. The highest BCUT2D eigenvalue weighted by atomic mass is 79.9. The number of carbonyl (C=O) groups excluding carboxylic acids is 1. The number of rotatable bonds is 3. The van der Waals surface area contributed by atoms with Crippen molar-refractivity contribution < 1.29 is 4.79 Å². The van der Waals surface area contributed by atoms with E-state index in [4.69, 9.17) is 5.73 Å². The number of hydrogen-bond donors (Lipinski definition) is 2. The van der Waals surface area contributed by atoms with Gasteiger partial charge in [-0.3, -0.25) is 4.79 Å². The molecule has 4 heteroatoms. The summed E-state index contributed by atoms with van der Waals surface area (Å²) in [6, 6.07) is 8.29. The third kappa shape index (κ3) is 3.82. The van der Waals surface area contributed by atoms with Crippen molar-refractivity contribution in [1.29, 1.82) is 0 Å². The number of nitrogens with one attached hydrogen (secondary N) is 1. The van der Waals surface area contributed by atoms with Crippen LogP contribution in [0.2, 0.25) is 0 Å². The molecular weight excluding hydrogens is 292 g/mol. The summed E-state index contributed by atoms with van der Waals surface area (Å²) in [6.07, 6.45) is 3.78. The Morgan fingerprint density at radius 3 is 2.72 bits per heavy atom. The van der Waals surface area contributed by atoms with Gasteiger partial charge in [0.1, 0.15) is 0 Å². The summed E-state index contributed by atoms with van der Waals surface area (Å²) in [5.41, 5.74) is 6.96. The lowest BCUT2D eigenvalue weighted by molar-refractivity contribution is -0.126. The van der Waals surface area contributed by atoms with Crippen molar-refractivity contribution in [2.75, 3.05) is 0 Å². The van der Waals surface area contributed by atoms with Crippen molar-refractivity contribution in [3.8, 4) is 0 Å². The van der Waals surface area contributed by atoms with Crippen LogP contribution in [0.5, 0.6) is 0 Å². The molecule has 0 spiro atoms. The smallest absolute Gasteiger partial charge is 0.223 e. The van der Waals surface area contributed by atoms with Gasteiger partial charge in [0.05, 0.1) is 0 Å². The number of hydrogen-bond acceptors (Lipinski definition) is 2. The number of carbonyl (C=O) groups is 1. The van der Waals surface area contributed by atoms with E-state index in [1.54, 1.807) is 0 Å². The van der Waals surface area contributed by atoms with E-state index in [2.05, 4.69) is 21.2 Å². The molecule has 1 aromatic rings. The van der Waals surface area contributed by atoms with Gasteiger partial charge in [-0.1, -0.05) is 28.1 Å². The second-order valence-corrected chi connectivity index (χ2v) is 5.88. The van der Waals surface area contributed by atoms with Crippen molar-refractivity contribution >= 4 is 21.8 Å². The molecule has 1 aliphatic rings. The summed E-state index contributed by atoms with van der Waals surface area (Å²) in [5.74, 6) is 0.318. The summed E-state index contributed by atoms with van der Waals surface area (Å²) in [4.78, 5) is 12.0. The first-order valence-electron chi connectivity index (χ1n) is 6.43. The molecule has 0 aliphatic heterocycles. The molecule has 3 nitrogen and oxygen atoms in total. The largest absolute Gasteiger partial charge is 0.352 e. The highest BCUT2D eigenvalue weighted by molar-refractivity contribution is 9.10. The average Bonchev–Trinajstić information content (AvgIpc) is 2.37. The molecule has 3 N–H and O–H groups in total. The Balaban J connectivity index is 1.81. The Morgan fingerprint density at radius 1 is 1.33 bits per heavy atom. The fourth-order valence-electron chi connectivity index (χ4n) is 2.36. The van der Waals surface area contributed by atoms with Crippen LogP contribution in [0.4, 0.5) is 0 Å². The highest BCUT2D eigenvalue weighted by Crippen LogP contribution is 2.23. The lowest BCUT2D eigenvalue weighted by atomic mass is 9.86. The molecule has 1 aliphatic carbocycles. The standard InChI is InChI=1S/C14H19BrN2O/c15-12-3-1-2-10(8-12)9-17-14(18)11-4-6-13(16)7-5-11/h1-3,8,11,13H,4-7,9,16H2,(H,17,18). The van der Waals surface area contributed by atoms with E-state index in [1.165, 1.54) is 0 Å². The van der Waals surface area contributed by atoms with Crippen LogP contribution in [-0.4, -0.2) is 11.9 Å². The van der Waals surface area contributed by atoms with E-state index in [1.807, 2.05) is 24.3 Å². The molecule has 1 fully saturated rings. The minimum atomic E-state index is 0.150. The molecule has 0 heterocycles. The van der Waals surface area contributed by atoms with E-state index in [0.29, 0.717) is 12.6 Å². The van der Waals surface area contributed by atoms with Crippen molar-refractivity contribution in [3.63, 3.8) is 0 Å². The zero-order valence-corrected chi connectivity index (χ0v) is 11.9. The maximum atomic E-state index is 12.0. The first kappa shape index (κ1) is 13.6. The molecule has 98 valence electrons. The van der Waals surface area contributed by atoms with Crippen molar-refractivity contribution in [2.24, 2.45) is 11.7 Å². The lowest BCUT2D eigenvalue weighted by Crippen LogP contribution is -2.35. The summed E-state index contributed by atoms with van der Waals surface area (Å²) >= 11 is 3.43. The predicted molar refractivity (Wildman–Crippen MR) is 75.9 cm³/mol. The molecule has 0 bridgehead atoms. The van der Waals surface area contributed by atoms with Gasteiger partial charge in [0.15, 0.2) is 0 Å². The third-order valence-corrected chi connectivity index (χ3v) is 3.99. The van der Waals surface area contributed by atoms with Gasteiger partial charge >= 0.3 is 0 Å². The SMILES string of the molecule is NC1CCC(C(=O)NCc2cccc(Br)c2)CC1. The van der Waals surface area contributed by atoms with E-state index in [9.17, 15) is 4.79 Å². The van der Waals surface area contributed by atoms with Crippen molar-refractivity contribution in [2.45, 2.75) is 38.3 Å². The Kier molecular flexibility index (Phi) is 4.78. The van der Waals surface area contributed by atoms with Crippen LogP contribution < -0.4 is 11.1 Å². The van der Waals surface area contributed by atoms with E-state index >= 15 is 0 Å². The molecular formula is C14H19BrN2O. The monoisotopic (exact) mass is 310 g/mol. The molecule has 0 saturated heterocycles. The Bertz CT molecular complexity index is 414. The summed E-state index contributed by atoms with van der Waals surface area (Å²) in [6.45, 7) is 0.598. The lowest BCUT2D eigenvalue weighted by Gasteiger charge is -2.25. The Labute approximate surface area is 116 Å². The number of nitrogens with two attached hydrogens (primary N) is 1. The first-order chi connectivity index (χ1) is 8.65. The molecule has 0 atom stereocenters. The van der Waals surface area contributed by atoms with E-state index < -0.39 is 0 Å². The zero-order chi connectivity index (χ0) is 13.0. The minimum Gasteiger partial charge on any atom is -0.352 e. The molecule has 0 radical (unpaired) electrons. The first-order valence-corrected chi connectivity index (χ1v) is 7.22. The van der Waals surface area contributed by atoms with Gasteiger partial charge in [0.25, 0.3) is 0 Å². The average molecular weight is 311 g/mol. The van der Waals surface area contributed by atoms with Crippen LogP contribution in [0, 0.1) is 5.92 Å². The van der Waals surface area contributed by atoms with Crippen LogP contribution in [0.1, 0.15) is 31.2 Å². The van der Waals surface area contributed by atoms with E-state index in [0.717, 1.165) is 35.7 Å². The van der Waals surface area contributed by atoms with Crippen molar-refractivity contribution in [1.82, 2.24) is 5.32 Å². The Morgan fingerprint density at radius 2 is 2.06 bits per heavy atom. The van der Waals surface area contributed by atoms with Crippen molar-refractivity contribution in [3.05, 3.63) is 34.3 Å². The summed E-state index contributed by atoms with van der Waals surface area (Å²) < 4.78 is 1.04. The van der Waals surface area contributed by atoms with Gasteiger partial charge in [0, 0.05) is 23.0 Å². The third-order valence-electron chi connectivity index (χ3n) is 3.50. The second-order valence-electron chi connectivity index (χ2n) is 4.96. The molecule has 0 unspecified atom stereocenters. The quantitative estimate of drug-likeness (QED) is 0.901. The molecule has 1 saturated carbocycles. The van der Waals surface area contributed by atoms with Crippen LogP contribution in [-0.2, 0) is 11.3 Å². The van der Waals surface area contributed by atoms with Gasteiger partial charge in [-0.2, -0.15) is 0 Å². The van der Waals surface area contributed by atoms with E-state index in [-0.39, 0.29) is 11.8 Å². The van der Waals surface area contributed by atoms with Crippen LogP contribution in [0.3, 0.4) is 0 Å². The Hall–Kier alpha value is -0.870. The van der Waals surface area contributed by atoms with Crippen LogP contribution in [0.25, 0.3) is 0 Å². The number of amides is 1. The van der Waals surface area contributed by atoms with Crippen LogP contribution in [0.15, 0.2) is 28.7 Å². The fraction of sp³-hybridized carbons (Fsp3) is 0.500. The molecule has 2 rings (SSSR count). The molecule has 18 heavy (non-hydrogen) atoms. The molecule has 0 aromatic heterocycles. The maximum absolute atomic E-state index is 12.0. The fourth-order valence-corrected chi connectivity index (χ4v) is 2.81. The minimum absolute atomic E-state index is 0.150. The number of halogens is 1. The van der Waals surface area contributed by atoms with Gasteiger partial charge in [-0.25, -0.2) is 0 Å². The summed E-state index contributed by atoms with van der Waals surface area (Å²) in [7, 11) is 0. The van der Waals surface area contributed by atoms with Crippen LogP contribution >= 0.6 is 15.9 Å². The zero-order valence-electron chi connectivity index (χ0n) is 10.4. The topological polar surface area (TPSA) is 55.1 Å². The second kappa shape index (κ2) is 6.34. The van der Waals surface area contributed by atoms with Gasteiger partial charge < -0.3 is 11.1 Å². The summed E-state index contributed by atoms with van der Waals surface area (Å²) in [5, 5.41) is 3.01.